The minimum absolute atomic E-state index is 0.0932. The zero-order chi connectivity index (χ0) is 15.4. The van der Waals surface area contributed by atoms with Gasteiger partial charge in [0.25, 0.3) is 0 Å². The average Bonchev–Trinajstić information content (AvgIpc) is 2.90. The molecule has 116 valence electrons. The molecule has 0 spiro atoms. The van der Waals surface area contributed by atoms with E-state index >= 15 is 0 Å². The molecule has 0 aliphatic carbocycles. The summed E-state index contributed by atoms with van der Waals surface area (Å²) in [5, 5.41) is 2.25. The van der Waals surface area contributed by atoms with Crippen molar-refractivity contribution in [2.75, 3.05) is 13.2 Å². The Morgan fingerprint density at radius 3 is 2.95 bits per heavy atom. The van der Waals surface area contributed by atoms with Gasteiger partial charge >= 0.3 is 5.97 Å². The quantitative estimate of drug-likeness (QED) is 0.831. The Morgan fingerprint density at radius 2 is 2.29 bits per heavy atom. The first kappa shape index (κ1) is 15.9. The number of ether oxygens (including phenoxy) is 1. The first-order chi connectivity index (χ1) is 10.0. The van der Waals surface area contributed by atoms with Crippen molar-refractivity contribution < 1.29 is 14.3 Å². The number of nitrogens with zero attached hydrogens (tertiary/aromatic N) is 2. The zero-order valence-corrected chi connectivity index (χ0v) is 13.2. The second kappa shape index (κ2) is 7.00. The number of hydrogen-bond donors (Lipinski definition) is 1. The molecule has 7 heteroatoms. The number of likely N-dealkylation sites (tertiary alicyclic amines) is 1. The van der Waals surface area contributed by atoms with Crippen LogP contribution in [0.25, 0.3) is 0 Å². The normalized spacial score (nSPS) is 23.0. The molecule has 1 saturated heterocycles. The van der Waals surface area contributed by atoms with Crippen LogP contribution in [0, 0.1) is 5.92 Å². The fourth-order valence-corrected chi connectivity index (χ4v) is 3.21. The SMILES string of the molecule is CCOC(=O)c1nc(CN2CC(C(N)=O)CCC2C)cs1. The van der Waals surface area contributed by atoms with Crippen molar-refractivity contribution >= 4 is 23.2 Å². The molecule has 1 aromatic heterocycles. The van der Waals surface area contributed by atoms with E-state index < -0.39 is 0 Å². The van der Waals surface area contributed by atoms with Crippen LogP contribution in [0.2, 0.25) is 0 Å². The number of esters is 1. The molecule has 2 unspecified atom stereocenters. The lowest BCUT2D eigenvalue weighted by Crippen LogP contribution is -2.45. The number of hydrogen-bond acceptors (Lipinski definition) is 6. The summed E-state index contributed by atoms with van der Waals surface area (Å²) < 4.78 is 4.94. The number of piperidine rings is 1. The van der Waals surface area contributed by atoms with Crippen molar-refractivity contribution in [3.05, 3.63) is 16.1 Å². The number of rotatable bonds is 5. The molecule has 1 amide bonds. The van der Waals surface area contributed by atoms with Crippen LogP contribution in [-0.4, -0.2) is 41.0 Å². The molecule has 2 rings (SSSR count). The summed E-state index contributed by atoms with van der Waals surface area (Å²) in [5.74, 6) is -0.711. The Hall–Kier alpha value is -1.47. The Balaban J connectivity index is 2.00. The Morgan fingerprint density at radius 1 is 1.52 bits per heavy atom. The Bertz CT molecular complexity index is 517. The van der Waals surface area contributed by atoms with Crippen LogP contribution in [0.3, 0.4) is 0 Å². The molecule has 0 radical (unpaired) electrons. The van der Waals surface area contributed by atoms with Crippen LogP contribution in [0.4, 0.5) is 0 Å². The molecular weight excluding hydrogens is 290 g/mol. The van der Waals surface area contributed by atoms with E-state index in [1.54, 1.807) is 6.92 Å². The van der Waals surface area contributed by atoms with Gasteiger partial charge in [-0.25, -0.2) is 9.78 Å². The van der Waals surface area contributed by atoms with Gasteiger partial charge in [0, 0.05) is 24.5 Å². The van der Waals surface area contributed by atoms with E-state index in [2.05, 4.69) is 16.8 Å². The molecule has 1 aromatic rings. The average molecular weight is 311 g/mol. The van der Waals surface area contributed by atoms with Crippen LogP contribution in [0.15, 0.2) is 5.38 Å². The summed E-state index contributed by atoms with van der Waals surface area (Å²) in [4.78, 5) is 29.5. The summed E-state index contributed by atoms with van der Waals surface area (Å²) in [6.45, 7) is 5.53. The summed E-state index contributed by atoms with van der Waals surface area (Å²) >= 11 is 1.29. The molecule has 2 atom stereocenters. The highest BCUT2D eigenvalue weighted by atomic mass is 32.1. The second-order valence-electron chi connectivity index (χ2n) is 5.32. The predicted octanol–water partition coefficient (Wildman–Crippen LogP) is 1.41. The minimum Gasteiger partial charge on any atom is -0.461 e. The van der Waals surface area contributed by atoms with E-state index in [1.165, 1.54) is 11.3 Å². The monoisotopic (exact) mass is 311 g/mol. The van der Waals surface area contributed by atoms with Gasteiger partial charge in [-0.05, 0) is 26.7 Å². The first-order valence-corrected chi connectivity index (χ1v) is 8.04. The van der Waals surface area contributed by atoms with Crippen LogP contribution >= 0.6 is 11.3 Å². The highest BCUT2D eigenvalue weighted by molar-refractivity contribution is 7.11. The van der Waals surface area contributed by atoms with Crippen molar-refractivity contribution in [2.24, 2.45) is 11.7 Å². The molecule has 21 heavy (non-hydrogen) atoms. The maximum Gasteiger partial charge on any atom is 0.367 e. The largest absolute Gasteiger partial charge is 0.461 e. The molecule has 1 fully saturated rings. The number of nitrogens with two attached hydrogens (primary N) is 1. The number of primary amides is 1. The van der Waals surface area contributed by atoms with Crippen LogP contribution in [0.5, 0.6) is 0 Å². The summed E-state index contributed by atoms with van der Waals surface area (Å²) in [7, 11) is 0. The van der Waals surface area contributed by atoms with Gasteiger partial charge in [0.05, 0.1) is 18.2 Å². The third-order valence-electron chi connectivity index (χ3n) is 3.78. The fourth-order valence-electron chi connectivity index (χ4n) is 2.51. The Labute approximate surface area is 128 Å². The summed E-state index contributed by atoms with van der Waals surface area (Å²) in [6, 6.07) is 0.383. The van der Waals surface area contributed by atoms with Crippen molar-refractivity contribution in [3.63, 3.8) is 0 Å². The lowest BCUT2D eigenvalue weighted by Gasteiger charge is -2.36. The van der Waals surface area contributed by atoms with Gasteiger partial charge in [-0.15, -0.1) is 11.3 Å². The minimum atomic E-state index is -0.379. The van der Waals surface area contributed by atoms with Gasteiger partial charge in [-0.3, -0.25) is 9.69 Å². The fraction of sp³-hybridized carbons (Fsp3) is 0.643. The van der Waals surface area contributed by atoms with Crippen LogP contribution < -0.4 is 5.73 Å². The molecule has 2 N–H and O–H groups in total. The number of carbonyl (C=O) groups is 2. The topological polar surface area (TPSA) is 85.5 Å². The van der Waals surface area contributed by atoms with E-state index in [0.717, 1.165) is 18.5 Å². The van der Waals surface area contributed by atoms with E-state index in [-0.39, 0.29) is 17.8 Å². The Kier molecular flexibility index (Phi) is 5.30. The lowest BCUT2D eigenvalue weighted by molar-refractivity contribution is -0.124. The number of thiazole rings is 1. The second-order valence-corrected chi connectivity index (χ2v) is 6.18. The molecule has 0 aromatic carbocycles. The molecule has 0 bridgehead atoms. The molecule has 1 aliphatic heterocycles. The van der Waals surface area contributed by atoms with E-state index in [9.17, 15) is 9.59 Å². The standard InChI is InChI=1S/C14H21N3O3S/c1-3-20-14(19)13-16-11(8-21-13)7-17-6-10(12(15)18)5-4-9(17)2/h8-10H,3-7H2,1-2H3,(H2,15,18). The molecule has 6 nitrogen and oxygen atoms in total. The van der Waals surface area contributed by atoms with Gasteiger partial charge in [-0.1, -0.05) is 0 Å². The van der Waals surface area contributed by atoms with Gasteiger partial charge in [-0.2, -0.15) is 0 Å². The molecule has 2 heterocycles. The van der Waals surface area contributed by atoms with Gasteiger partial charge in [0.15, 0.2) is 0 Å². The van der Waals surface area contributed by atoms with Crippen molar-refractivity contribution in [1.29, 1.82) is 0 Å². The summed E-state index contributed by atoms with van der Waals surface area (Å²) in [5.41, 5.74) is 6.24. The molecular formula is C14H21N3O3S. The number of amides is 1. The number of carbonyl (C=O) groups excluding carboxylic acids is 2. The van der Waals surface area contributed by atoms with Crippen molar-refractivity contribution in [3.8, 4) is 0 Å². The van der Waals surface area contributed by atoms with Crippen LogP contribution in [0.1, 0.15) is 42.2 Å². The van der Waals surface area contributed by atoms with Gasteiger partial charge in [0.1, 0.15) is 0 Å². The maximum absolute atomic E-state index is 11.6. The van der Waals surface area contributed by atoms with Crippen molar-refractivity contribution in [1.82, 2.24) is 9.88 Å². The van der Waals surface area contributed by atoms with E-state index in [4.69, 9.17) is 10.5 Å². The zero-order valence-electron chi connectivity index (χ0n) is 12.4. The third-order valence-corrected chi connectivity index (χ3v) is 4.65. The highest BCUT2D eigenvalue weighted by Crippen LogP contribution is 2.24. The predicted molar refractivity (Wildman–Crippen MR) is 79.9 cm³/mol. The lowest BCUT2D eigenvalue weighted by atomic mass is 9.93. The molecule has 1 aliphatic rings. The highest BCUT2D eigenvalue weighted by Gasteiger charge is 2.29. The third kappa shape index (κ3) is 4.01. The first-order valence-electron chi connectivity index (χ1n) is 7.16. The molecule has 0 saturated carbocycles. The van der Waals surface area contributed by atoms with E-state index in [1.807, 2.05) is 5.38 Å². The summed E-state index contributed by atoms with van der Waals surface area (Å²) in [6.07, 6.45) is 1.79. The van der Waals surface area contributed by atoms with Gasteiger partial charge < -0.3 is 10.5 Å². The van der Waals surface area contributed by atoms with Crippen molar-refractivity contribution in [2.45, 2.75) is 39.3 Å². The van der Waals surface area contributed by atoms with Crippen LogP contribution in [-0.2, 0) is 16.1 Å². The van der Waals surface area contributed by atoms with Gasteiger partial charge in [0.2, 0.25) is 10.9 Å². The number of aromatic nitrogens is 1. The van der Waals surface area contributed by atoms with E-state index in [0.29, 0.717) is 30.7 Å². The smallest absolute Gasteiger partial charge is 0.367 e. The maximum atomic E-state index is 11.6.